The van der Waals surface area contributed by atoms with E-state index < -0.39 is 0 Å². The number of piperidine rings is 1. The zero-order chi connectivity index (χ0) is 25.4. The molecule has 1 N–H and O–H groups in total. The molecule has 1 aromatic carbocycles. The minimum atomic E-state index is -0.209. The summed E-state index contributed by atoms with van der Waals surface area (Å²) in [7, 11) is 0. The third-order valence-corrected chi connectivity index (χ3v) is 7.71. The van der Waals surface area contributed by atoms with Crippen LogP contribution in [0.3, 0.4) is 0 Å². The maximum atomic E-state index is 12.2. The van der Waals surface area contributed by atoms with Gasteiger partial charge in [-0.1, -0.05) is 50.9 Å². The second-order valence-corrected chi connectivity index (χ2v) is 10.1. The van der Waals surface area contributed by atoms with Crippen LogP contribution in [-0.2, 0) is 16.6 Å². The van der Waals surface area contributed by atoms with Crippen LogP contribution in [0.15, 0.2) is 36.5 Å². The van der Waals surface area contributed by atoms with E-state index in [-0.39, 0.29) is 24.0 Å². The van der Waals surface area contributed by atoms with Gasteiger partial charge in [-0.15, -0.1) is 0 Å². The van der Waals surface area contributed by atoms with Crippen molar-refractivity contribution in [2.24, 2.45) is 5.92 Å². The van der Waals surface area contributed by atoms with Gasteiger partial charge in [-0.05, 0) is 85.3 Å². The van der Waals surface area contributed by atoms with Gasteiger partial charge in [0, 0.05) is 36.8 Å². The lowest BCUT2D eigenvalue weighted by Crippen LogP contribution is -2.40. The van der Waals surface area contributed by atoms with E-state index in [2.05, 4.69) is 25.1 Å². The summed E-state index contributed by atoms with van der Waals surface area (Å²) in [6.07, 6.45) is 7.21. The quantitative estimate of drug-likeness (QED) is 0.446. The summed E-state index contributed by atoms with van der Waals surface area (Å²) < 4.78 is 5.22. The zero-order valence-electron chi connectivity index (χ0n) is 21.7. The van der Waals surface area contributed by atoms with Crippen molar-refractivity contribution < 1.29 is 14.6 Å². The zero-order valence-corrected chi connectivity index (χ0v) is 22.5. The number of unbranched alkanes of at least 4 members (excludes halogenated alkanes) is 1. The number of carbonyl (C=O) groups is 1. The topological polar surface area (TPSA) is 62.7 Å². The molecule has 2 aromatic rings. The first-order chi connectivity index (χ1) is 17.0. The molecule has 0 spiro atoms. The number of aliphatic hydroxyl groups is 1. The molecule has 2 aliphatic rings. The highest BCUT2D eigenvalue weighted by atomic mass is 35.5. The van der Waals surface area contributed by atoms with E-state index in [1.54, 1.807) is 0 Å². The molecule has 1 fully saturated rings. The Bertz CT molecular complexity index is 974. The molecule has 1 aromatic heterocycles. The molecule has 0 radical (unpaired) electrons. The van der Waals surface area contributed by atoms with E-state index >= 15 is 0 Å². The summed E-state index contributed by atoms with van der Waals surface area (Å²) in [6, 6.07) is 10.6. The second kappa shape index (κ2) is 12.7. The first kappa shape index (κ1) is 27.5. The highest BCUT2D eigenvalue weighted by Gasteiger charge is 2.40. The Hall–Kier alpha value is -2.11. The Morgan fingerprint density at radius 3 is 2.66 bits per heavy atom. The molecule has 35 heavy (non-hydrogen) atoms. The smallest absolute Gasteiger partial charge is 0.409 e. The van der Waals surface area contributed by atoms with E-state index in [4.69, 9.17) is 21.3 Å². The van der Waals surface area contributed by atoms with Crippen molar-refractivity contribution in [3.63, 3.8) is 0 Å². The molecule has 0 bridgehead atoms. The Morgan fingerprint density at radius 1 is 1.23 bits per heavy atom. The number of carbonyl (C=O) groups excluding carboxylic acids is 1. The number of likely N-dealkylation sites (tertiary alicyclic amines) is 1. The lowest BCUT2D eigenvalue weighted by Gasteiger charge is -2.37. The normalized spacial score (nSPS) is 21.8. The number of aromatic nitrogens is 1. The Kier molecular flexibility index (Phi) is 9.99. The van der Waals surface area contributed by atoms with Gasteiger partial charge in [0.15, 0.2) is 0 Å². The van der Waals surface area contributed by atoms with Crippen LogP contribution < -0.4 is 0 Å². The van der Waals surface area contributed by atoms with Gasteiger partial charge in [-0.3, -0.25) is 4.98 Å². The van der Waals surface area contributed by atoms with Crippen molar-refractivity contribution >= 4 is 17.7 Å². The van der Waals surface area contributed by atoms with Crippen LogP contribution in [0.2, 0.25) is 5.02 Å². The molecule has 2 atom stereocenters. The molecular weight excluding hydrogens is 460 g/mol. The Balaban J connectivity index is 0.00000167. The van der Waals surface area contributed by atoms with E-state index in [0.29, 0.717) is 25.6 Å². The van der Waals surface area contributed by atoms with Gasteiger partial charge in [0.05, 0.1) is 12.3 Å². The number of pyridine rings is 1. The molecule has 1 saturated heterocycles. The van der Waals surface area contributed by atoms with Crippen LogP contribution >= 0.6 is 11.6 Å². The Morgan fingerprint density at radius 2 is 1.97 bits per heavy atom. The second-order valence-electron chi connectivity index (χ2n) is 9.70. The number of amides is 1. The molecule has 2 unspecified atom stereocenters. The maximum absolute atomic E-state index is 12.2. The maximum Gasteiger partial charge on any atom is 0.409 e. The molecule has 6 heteroatoms. The fourth-order valence-electron chi connectivity index (χ4n) is 5.82. The predicted molar refractivity (Wildman–Crippen MR) is 142 cm³/mol. The number of hydrogen-bond acceptors (Lipinski definition) is 4. The highest BCUT2D eigenvalue weighted by Crippen LogP contribution is 2.48. The third kappa shape index (κ3) is 6.18. The van der Waals surface area contributed by atoms with E-state index in [9.17, 15) is 9.90 Å². The van der Waals surface area contributed by atoms with Crippen molar-refractivity contribution in [2.75, 3.05) is 26.3 Å². The minimum absolute atomic E-state index is 0.0758. The summed E-state index contributed by atoms with van der Waals surface area (Å²) in [5.41, 5.74) is 5.02. The summed E-state index contributed by atoms with van der Waals surface area (Å²) in [5.74, 6) is 0.571. The van der Waals surface area contributed by atoms with Crippen molar-refractivity contribution in [3.05, 3.63) is 63.9 Å². The van der Waals surface area contributed by atoms with Crippen LogP contribution in [0.25, 0.3) is 0 Å². The van der Waals surface area contributed by atoms with Crippen LogP contribution in [0, 0.1) is 5.92 Å². The summed E-state index contributed by atoms with van der Waals surface area (Å²) in [6.45, 7) is 10.2. The number of aliphatic hydroxyl groups excluding tert-OH is 1. The number of hydrogen-bond donors (Lipinski definition) is 1. The lowest BCUT2D eigenvalue weighted by atomic mass is 9.71. The highest BCUT2D eigenvalue weighted by molar-refractivity contribution is 6.30. The molecule has 2 heterocycles. The molecule has 1 amide bonds. The summed E-state index contributed by atoms with van der Waals surface area (Å²) in [4.78, 5) is 19.0. The predicted octanol–water partition coefficient (Wildman–Crippen LogP) is 6.74. The van der Waals surface area contributed by atoms with Gasteiger partial charge in [0.2, 0.25) is 0 Å². The summed E-state index contributed by atoms with van der Waals surface area (Å²) in [5, 5.41) is 10.1. The average Bonchev–Trinajstić information content (AvgIpc) is 2.98. The number of rotatable bonds is 6. The van der Waals surface area contributed by atoms with Crippen LogP contribution in [-0.4, -0.2) is 47.4 Å². The van der Waals surface area contributed by atoms with Gasteiger partial charge >= 0.3 is 6.09 Å². The van der Waals surface area contributed by atoms with E-state index in [1.165, 1.54) is 22.4 Å². The number of halogens is 1. The van der Waals surface area contributed by atoms with Gasteiger partial charge in [-0.2, -0.15) is 0 Å². The number of benzene rings is 1. The van der Waals surface area contributed by atoms with Gasteiger partial charge in [0.25, 0.3) is 0 Å². The first-order valence-corrected chi connectivity index (χ1v) is 13.6. The van der Waals surface area contributed by atoms with Crippen LogP contribution in [0.4, 0.5) is 4.79 Å². The number of ether oxygens (including phenoxy) is 1. The average molecular weight is 501 g/mol. The summed E-state index contributed by atoms with van der Waals surface area (Å²) >= 11 is 6.53. The van der Waals surface area contributed by atoms with E-state index in [0.717, 1.165) is 43.5 Å². The van der Waals surface area contributed by atoms with Gasteiger partial charge in [0.1, 0.15) is 0 Å². The third-order valence-electron chi connectivity index (χ3n) is 7.48. The van der Waals surface area contributed by atoms with Crippen molar-refractivity contribution in [3.8, 4) is 0 Å². The van der Waals surface area contributed by atoms with Crippen molar-refractivity contribution in [2.45, 2.75) is 77.6 Å². The molecule has 1 aliphatic carbocycles. The molecule has 5 nitrogen and oxygen atoms in total. The SMILES string of the molecule is CC.CCOC(=O)N1CCC(C2c3ccc(Cl)cc3C(C)(CCCCO)Cc3cccnc32)CC1. The van der Waals surface area contributed by atoms with Gasteiger partial charge < -0.3 is 14.7 Å². The molecule has 4 rings (SSSR count). The van der Waals surface area contributed by atoms with Crippen molar-refractivity contribution in [1.29, 1.82) is 0 Å². The molecule has 0 saturated carbocycles. The molecule has 1 aliphatic heterocycles. The van der Waals surface area contributed by atoms with E-state index in [1.807, 2.05) is 44.0 Å². The standard InChI is InChI=1S/C27H35ClN2O3.C2H6/c1-3-33-26(32)30-14-10-19(11-15-30)24-22-9-8-21(28)17-23(22)27(2,12-4-5-16-31)18-20-7-6-13-29-25(20)24;1-2/h6-9,13,17,19,24,31H,3-5,10-12,14-16,18H2,1-2H3;1-2H3. The fraction of sp³-hybridized carbons (Fsp3) is 0.586. The van der Waals surface area contributed by atoms with Crippen LogP contribution in [0.5, 0.6) is 0 Å². The molecular formula is C29H41ClN2O3. The number of nitrogens with zero attached hydrogens (tertiary/aromatic N) is 2. The van der Waals surface area contributed by atoms with Crippen molar-refractivity contribution in [1.82, 2.24) is 9.88 Å². The molecule has 192 valence electrons. The number of fused-ring (bicyclic) bond motifs is 2. The van der Waals surface area contributed by atoms with Crippen LogP contribution in [0.1, 0.15) is 88.1 Å². The Labute approximate surface area is 215 Å². The van der Waals surface area contributed by atoms with Gasteiger partial charge in [-0.25, -0.2) is 4.79 Å². The largest absolute Gasteiger partial charge is 0.450 e. The first-order valence-electron chi connectivity index (χ1n) is 13.2. The fourth-order valence-corrected chi connectivity index (χ4v) is 6.00. The lowest BCUT2D eigenvalue weighted by molar-refractivity contribution is 0.0900. The monoisotopic (exact) mass is 500 g/mol. The minimum Gasteiger partial charge on any atom is -0.450 e.